The fourth-order valence-corrected chi connectivity index (χ4v) is 5.99. The van der Waals surface area contributed by atoms with Crippen molar-refractivity contribution in [3.63, 3.8) is 0 Å². The number of aromatic nitrogens is 1. The van der Waals surface area contributed by atoms with Crippen LogP contribution in [0.25, 0.3) is 10.9 Å². The van der Waals surface area contributed by atoms with Crippen LogP contribution in [0.3, 0.4) is 0 Å². The maximum Gasteiger partial charge on any atom is 0.417 e. The van der Waals surface area contributed by atoms with Crippen LogP contribution in [-0.4, -0.2) is 23.8 Å². The quantitative estimate of drug-likeness (QED) is 0.729. The third-order valence-corrected chi connectivity index (χ3v) is 7.66. The van der Waals surface area contributed by atoms with Crippen molar-refractivity contribution in [1.29, 1.82) is 0 Å². The van der Waals surface area contributed by atoms with Gasteiger partial charge in [0.15, 0.2) is 0 Å². The fourth-order valence-electron chi connectivity index (χ4n) is 4.36. The number of benzene rings is 1. The zero-order chi connectivity index (χ0) is 21.0. The summed E-state index contributed by atoms with van der Waals surface area (Å²) >= 11 is 0. The van der Waals surface area contributed by atoms with E-state index in [1.165, 1.54) is 23.5 Å². The van der Waals surface area contributed by atoms with Crippen molar-refractivity contribution in [2.24, 2.45) is 13.0 Å². The Balaban J connectivity index is 1.89. The number of rotatable bonds is 2. The van der Waals surface area contributed by atoms with Crippen LogP contribution in [0.2, 0.25) is 0 Å². The second kappa shape index (κ2) is 6.90. The van der Waals surface area contributed by atoms with Gasteiger partial charge in [-0.2, -0.15) is 13.2 Å². The molecule has 2 aliphatic rings. The molecule has 1 aliphatic heterocycles. The molecule has 0 radical (unpaired) electrons. The number of fused-ring (bicyclic) bond motifs is 2. The van der Waals surface area contributed by atoms with Crippen molar-refractivity contribution < 1.29 is 21.6 Å². The largest absolute Gasteiger partial charge is 0.417 e. The molecule has 0 saturated carbocycles. The average Bonchev–Trinajstić information content (AvgIpc) is 2.69. The van der Waals surface area contributed by atoms with Crippen LogP contribution in [-0.2, 0) is 23.2 Å². The average molecular weight is 426 g/mol. The second-order valence-electron chi connectivity index (χ2n) is 7.61. The van der Waals surface area contributed by atoms with E-state index in [-0.39, 0.29) is 21.7 Å². The molecule has 0 N–H and O–H groups in total. The zero-order valence-electron chi connectivity index (χ0n) is 15.9. The van der Waals surface area contributed by atoms with Gasteiger partial charge < -0.3 is 4.57 Å². The molecule has 1 aromatic heterocycles. The number of nitrogens with zero attached hydrogens (tertiary/aromatic N) is 2. The van der Waals surface area contributed by atoms with E-state index in [2.05, 4.69) is 0 Å². The highest BCUT2D eigenvalue weighted by atomic mass is 32.2. The van der Waals surface area contributed by atoms with E-state index in [0.717, 1.165) is 48.4 Å². The highest BCUT2D eigenvalue weighted by Gasteiger charge is 2.37. The monoisotopic (exact) mass is 426 g/mol. The highest BCUT2D eigenvalue weighted by molar-refractivity contribution is 7.89. The Morgan fingerprint density at radius 2 is 1.83 bits per heavy atom. The molecule has 1 unspecified atom stereocenters. The number of halogens is 3. The Hall–Kier alpha value is -2.29. The molecule has 1 atom stereocenters. The zero-order valence-corrected chi connectivity index (χ0v) is 16.7. The number of allylic oxidation sites excluding steroid dienone is 2. The Bertz CT molecular complexity index is 1170. The van der Waals surface area contributed by atoms with Gasteiger partial charge in [0.1, 0.15) is 0 Å². The van der Waals surface area contributed by atoms with Crippen LogP contribution in [0.1, 0.15) is 37.7 Å². The van der Waals surface area contributed by atoms with Crippen LogP contribution in [0, 0.1) is 5.92 Å². The fraction of sp³-hybridized carbons (Fsp3) is 0.450. The van der Waals surface area contributed by atoms with Crippen LogP contribution in [0.5, 0.6) is 0 Å². The van der Waals surface area contributed by atoms with Crippen molar-refractivity contribution >= 4 is 20.9 Å². The van der Waals surface area contributed by atoms with Gasteiger partial charge in [-0.25, -0.2) is 8.42 Å². The van der Waals surface area contributed by atoms with E-state index in [1.807, 2.05) is 6.08 Å². The van der Waals surface area contributed by atoms with Crippen molar-refractivity contribution in [1.82, 2.24) is 8.87 Å². The standard InChI is InChI=1S/C20H21F3N2O3S/c1-24-18-9-8-14(11-15(18)16(12-19(24)26)20(21,22)23)29(27,28)25-10-4-6-13-5-2-3-7-17(13)25/h7-9,11-13H,2-6,10H2,1H3. The predicted molar refractivity (Wildman–Crippen MR) is 103 cm³/mol. The molecule has 0 spiro atoms. The summed E-state index contributed by atoms with van der Waals surface area (Å²) < 4.78 is 69.7. The summed E-state index contributed by atoms with van der Waals surface area (Å²) in [4.78, 5) is 11.7. The molecule has 1 aliphatic carbocycles. The first-order chi connectivity index (χ1) is 13.6. The molecule has 2 heterocycles. The number of hydrogen-bond acceptors (Lipinski definition) is 3. The summed E-state index contributed by atoms with van der Waals surface area (Å²) in [5.41, 5.74) is -1.12. The van der Waals surface area contributed by atoms with Gasteiger partial charge in [-0.1, -0.05) is 6.08 Å². The van der Waals surface area contributed by atoms with Crippen LogP contribution < -0.4 is 5.56 Å². The lowest BCUT2D eigenvalue weighted by atomic mass is 9.86. The van der Waals surface area contributed by atoms with E-state index in [9.17, 15) is 26.4 Å². The van der Waals surface area contributed by atoms with E-state index in [4.69, 9.17) is 0 Å². The molecule has 1 aromatic carbocycles. The third-order valence-electron chi connectivity index (χ3n) is 5.84. The SMILES string of the molecule is Cn1c(=O)cc(C(F)(F)F)c2cc(S(=O)(=O)N3CCCC4CCCC=C43)ccc21. The van der Waals surface area contributed by atoms with Crippen LogP contribution in [0.15, 0.2) is 45.7 Å². The smallest absolute Gasteiger partial charge is 0.311 e. The van der Waals surface area contributed by atoms with Gasteiger partial charge >= 0.3 is 6.18 Å². The van der Waals surface area contributed by atoms with E-state index in [1.54, 1.807) is 0 Å². The van der Waals surface area contributed by atoms with Gasteiger partial charge in [0.2, 0.25) is 0 Å². The van der Waals surface area contributed by atoms with Crippen LogP contribution >= 0.6 is 0 Å². The lowest BCUT2D eigenvalue weighted by molar-refractivity contribution is -0.136. The first-order valence-corrected chi connectivity index (χ1v) is 11.0. The topological polar surface area (TPSA) is 59.4 Å². The first kappa shape index (κ1) is 20.0. The van der Waals surface area contributed by atoms with Crippen molar-refractivity contribution in [3.05, 3.63) is 52.0 Å². The maximum atomic E-state index is 13.5. The highest BCUT2D eigenvalue weighted by Crippen LogP contribution is 2.39. The number of piperidine rings is 1. The van der Waals surface area contributed by atoms with Gasteiger partial charge in [0.05, 0.1) is 16.0 Å². The Morgan fingerprint density at radius 3 is 2.55 bits per heavy atom. The van der Waals surface area contributed by atoms with E-state index >= 15 is 0 Å². The number of hydrogen-bond donors (Lipinski definition) is 0. The van der Waals surface area contributed by atoms with Crippen LogP contribution in [0.4, 0.5) is 13.2 Å². The molecule has 9 heteroatoms. The minimum Gasteiger partial charge on any atom is -0.311 e. The molecule has 0 amide bonds. The Kier molecular flexibility index (Phi) is 4.76. The normalized spacial score (nSPS) is 20.5. The molecule has 29 heavy (non-hydrogen) atoms. The molecule has 0 bridgehead atoms. The summed E-state index contributed by atoms with van der Waals surface area (Å²) in [7, 11) is -2.64. The minimum absolute atomic E-state index is 0.0391. The Labute approximate surface area is 166 Å². The predicted octanol–water partition coefficient (Wildman–Crippen LogP) is 4.03. The molecular weight excluding hydrogens is 405 g/mol. The lowest BCUT2D eigenvalue weighted by Gasteiger charge is -2.38. The summed E-state index contributed by atoms with van der Waals surface area (Å²) in [6, 6.07) is 4.11. The molecule has 156 valence electrons. The molecule has 2 aromatic rings. The van der Waals surface area contributed by atoms with Gasteiger partial charge in [-0.05, 0) is 56.2 Å². The molecular formula is C20H21F3N2O3S. The summed E-state index contributed by atoms with van der Waals surface area (Å²) in [6.07, 6.45) is 1.56. The number of aryl methyl sites for hydroxylation is 1. The molecule has 1 fully saturated rings. The summed E-state index contributed by atoms with van der Waals surface area (Å²) in [5.74, 6) is 0.180. The van der Waals surface area contributed by atoms with Gasteiger partial charge in [0.25, 0.3) is 15.6 Å². The van der Waals surface area contributed by atoms with Gasteiger partial charge in [-0.3, -0.25) is 9.10 Å². The summed E-state index contributed by atoms with van der Waals surface area (Å²) in [6.45, 7) is 0.322. The minimum atomic E-state index is -4.77. The van der Waals surface area contributed by atoms with E-state index in [0.29, 0.717) is 12.6 Å². The number of pyridine rings is 1. The second-order valence-corrected chi connectivity index (χ2v) is 9.47. The van der Waals surface area contributed by atoms with Crippen molar-refractivity contribution in [2.45, 2.75) is 43.2 Å². The number of sulfonamides is 1. The Morgan fingerprint density at radius 1 is 1.10 bits per heavy atom. The maximum absolute atomic E-state index is 13.5. The molecule has 4 rings (SSSR count). The van der Waals surface area contributed by atoms with E-state index < -0.39 is 27.3 Å². The van der Waals surface area contributed by atoms with Gasteiger partial charge in [0, 0.05) is 30.7 Å². The lowest BCUT2D eigenvalue weighted by Crippen LogP contribution is -2.39. The third kappa shape index (κ3) is 3.35. The molecule has 5 nitrogen and oxygen atoms in total. The molecule has 1 saturated heterocycles. The van der Waals surface area contributed by atoms with Gasteiger partial charge in [-0.15, -0.1) is 0 Å². The summed E-state index contributed by atoms with van der Waals surface area (Å²) in [5, 5.41) is -0.299. The number of alkyl halides is 3. The van der Waals surface area contributed by atoms with Crippen molar-refractivity contribution in [2.75, 3.05) is 6.54 Å². The first-order valence-electron chi connectivity index (χ1n) is 9.54. The van der Waals surface area contributed by atoms with Crippen molar-refractivity contribution in [3.8, 4) is 0 Å².